The average molecular weight is 188 g/mol. The fourth-order valence-electron chi connectivity index (χ4n) is 0.669. The summed E-state index contributed by atoms with van der Waals surface area (Å²) >= 11 is 0. The molecule has 1 heterocycles. The molecule has 0 aromatic heterocycles. The molecule has 2 nitrogen and oxygen atoms in total. The average Bonchev–Trinajstić information content (AvgIpc) is 1.69. The van der Waals surface area contributed by atoms with Gasteiger partial charge in [-0.1, -0.05) is 0 Å². The number of rotatable bonds is 0. The number of nitrogens with zero attached hydrogens (tertiary/aromatic N) is 1. The Hall–Kier alpha value is 1.02. The van der Waals surface area contributed by atoms with Gasteiger partial charge >= 0.3 is 0 Å². The van der Waals surface area contributed by atoms with Gasteiger partial charge in [-0.15, -0.1) is 6.54 Å². The number of likely N-dealkylation sites (N-methyl/N-ethyl adjacent to an activating group) is 1. The van der Waals surface area contributed by atoms with Crippen LogP contribution in [0.5, 0.6) is 0 Å². The van der Waals surface area contributed by atoms with Crippen molar-refractivity contribution in [3.8, 4) is 0 Å². The normalized spacial score (nSPS) is 22.1. The fraction of sp³-hybridized carbons (Fsp3) is 0.800. The molecule has 0 unspecified atom stereocenters. The molecule has 1 radical (unpaired) electrons. The van der Waals surface area contributed by atoms with Crippen molar-refractivity contribution in [2.75, 3.05) is 26.7 Å². The Balaban J connectivity index is 0.000000490. The van der Waals surface area contributed by atoms with Gasteiger partial charge in [0.15, 0.2) is 0 Å². The van der Waals surface area contributed by atoms with E-state index in [4.69, 9.17) is 0 Å². The summed E-state index contributed by atoms with van der Waals surface area (Å²) in [4.78, 5) is 2.27. The molecule has 45 valence electrons. The van der Waals surface area contributed by atoms with Crippen molar-refractivity contribution in [1.82, 2.24) is 10.2 Å². The zero-order valence-corrected chi connectivity index (χ0v) is 8.06. The predicted molar refractivity (Wildman–Crippen MR) is 29.8 cm³/mol. The van der Waals surface area contributed by atoms with Crippen LogP contribution in [0.1, 0.15) is 0 Å². The molecule has 0 atom stereocenters. The molecule has 0 aromatic carbocycles. The summed E-state index contributed by atoms with van der Waals surface area (Å²) in [7, 11) is 2.12. The van der Waals surface area contributed by atoms with Crippen LogP contribution in [0.2, 0.25) is 0 Å². The van der Waals surface area contributed by atoms with Crippen molar-refractivity contribution < 1.29 is 32.7 Å². The number of hydrogen-bond donors (Lipinski definition) is 1. The second-order valence-electron chi connectivity index (χ2n) is 1.92. The summed E-state index contributed by atoms with van der Waals surface area (Å²) in [5.74, 6) is 0. The van der Waals surface area contributed by atoms with Gasteiger partial charge in [-0.3, -0.25) is 6.54 Å². The molecule has 1 aliphatic rings. The Bertz CT molecular complexity index is 52.4. The van der Waals surface area contributed by atoms with E-state index in [1.807, 2.05) is 0 Å². The molecule has 1 saturated heterocycles. The van der Waals surface area contributed by atoms with Crippen molar-refractivity contribution in [2.45, 2.75) is 0 Å². The Labute approximate surface area is 75.9 Å². The molecular formula is C5H11N2Y-. The molecule has 0 aromatic rings. The SMILES string of the molecule is CN1C[CH-]NCC1.[Y]. The maximum atomic E-state index is 3.15. The first-order valence-corrected chi connectivity index (χ1v) is 2.63. The maximum absolute atomic E-state index is 3.15. The van der Waals surface area contributed by atoms with E-state index in [0.29, 0.717) is 0 Å². The van der Waals surface area contributed by atoms with E-state index in [0.717, 1.165) is 13.1 Å². The molecule has 0 aliphatic carbocycles. The van der Waals surface area contributed by atoms with Crippen LogP contribution in [0.25, 0.3) is 0 Å². The van der Waals surface area contributed by atoms with Gasteiger partial charge in [0.1, 0.15) is 0 Å². The third kappa shape index (κ3) is 3.13. The summed E-state index contributed by atoms with van der Waals surface area (Å²) in [6.07, 6.45) is 0. The van der Waals surface area contributed by atoms with Crippen LogP contribution in [-0.4, -0.2) is 31.6 Å². The molecule has 0 amide bonds. The first-order valence-electron chi connectivity index (χ1n) is 2.63. The van der Waals surface area contributed by atoms with Crippen LogP contribution in [0.4, 0.5) is 0 Å². The fourth-order valence-corrected chi connectivity index (χ4v) is 0.669. The quantitative estimate of drug-likeness (QED) is 0.524. The summed E-state index contributed by atoms with van der Waals surface area (Å²) in [6.45, 7) is 5.45. The zero-order valence-electron chi connectivity index (χ0n) is 5.22. The van der Waals surface area contributed by atoms with Gasteiger partial charge < -0.3 is 10.2 Å². The maximum Gasteiger partial charge on any atom is 0.00522 e. The monoisotopic (exact) mass is 188 g/mol. The molecule has 1 N–H and O–H groups in total. The topological polar surface area (TPSA) is 15.3 Å². The second kappa shape index (κ2) is 4.86. The van der Waals surface area contributed by atoms with E-state index in [-0.39, 0.29) is 32.7 Å². The minimum absolute atomic E-state index is 0. The summed E-state index contributed by atoms with van der Waals surface area (Å²) in [6, 6.07) is 0. The van der Waals surface area contributed by atoms with Crippen LogP contribution in [-0.2, 0) is 32.7 Å². The summed E-state index contributed by atoms with van der Waals surface area (Å²) < 4.78 is 0. The minimum Gasteiger partial charge on any atom is -0.468 e. The van der Waals surface area contributed by atoms with Gasteiger partial charge in [-0.25, -0.2) is 0 Å². The molecule has 1 fully saturated rings. The van der Waals surface area contributed by atoms with Crippen molar-refractivity contribution in [1.29, 1.82) is 0 Å². The molecule has 1 aliphatic heterocycles. The number of piperazine rings is 1. The van der Waals surface area contributed by atoms with Crippen molar-refractivity contribution in [3.05, 3.63) is 6.54 Å². The van der Waals surface area contributed by atoms with E-state index < -0.39 is 0 Å². The summed E-state index contributed by atoms with van der Waals surface area (Å²) in [5.41, 5.74) is 0. The van der Waals surface area contributed by atoms with Crippen LogP contribution in [0, 0.1) is 6.54 Å². The summed E-state index contributed by atoms with van der Waals surface area (Å²) in [5, 5.41) is 3.15. The molecule has 1 rings (SSSR count). The van der Waals surface area contributed by atoms with Gasteiger partial charge in [-0.2, -0.15) is 0 Å². The Morgan fingerprint density at radius 3 is 2.62 bits per heavy atom. The van der Waals surface area contributed by atoms with Gasteiger partial charge in [-0.05, 0) is 13.6 Å². The van der Waals surface area contributed by atoms with Crippen LogP contribution >= 0.6 is 0 Å². The number of hydrogen-bond acceptors (Lipinski definition) is 2. The van der Waals surface area contributed by atoms with Gasteiger partial charge in [0.2, 0.25) is 0 Å². The van der Waals surface area contributed by atoms with E-state index in [1.165, 1.54) is 6.54 Å². The van der Waals surface area contributed by atoms with Crippen molar-refractivity contribution >= 4 is 0 Å². The predicted octanol–water partition coefficient (Wildman–Crippen LogP) is -0.319. The molecular weight excluding hydrogens is 177 g/mol. The molecule has 0 bridgehead atoms. The molecule has 0 saturated carbocycles. The first kappa shape index (κ1) is 9.02. The van der Waals surface area contributed by atoms with Gasteiger partial charge in [0.25, 0.3) is 0 Å². The van der Waals surface area contributed by atoms with E-state index in [1.54, 1.807) is 0 Å². The molecule has 8 heavy (non-hydrogen) atoms. The van der Waals surface area contributed by atoms with Gasteiger partial charge in [0, 0.05) is 39.3 Å². The second-order valence-corrected chi connectivity index (χ2v) is 1.92. The van der Waals surface area contributed by atoms with E-state index >= 15 is 0 Å². The minimum atomic E-state index is 0. The first-order chi connectivity index (χ1) is 3.39. The number of nitrogens with one attached hydrogen (secondary N) is 1. The van der Waals surface area contributed by atoms with Crippen LogP contribution in [0.3, 0.4) is 0 Å². The Kier molecular flexibility index (Phi) is 5.48. The molecule has 0 spiro atoms. The third-order valence-electron chi connectivity index (χ3n) is 1.19. The third-order valence-corrected chi connectivity index (χ3v) is 1.19. The van der Waals surface area contributed by atoms with Gasteiger partial charge in [0.05, 0.1) is 0 Å². The van der Waals surface area contributed by atoms with Crippen molar-refractivity contribution in [3.63, 3.8) is 0 Å². The van der Waals surface area contributed by atoms with Crippen LogP contribution < -0.4 is 5.32 Å². The Morgan fingerprint density at radius 2 is 2.38 bits per heavy atom. The standard InChI is InChI=1S/C5H11N2.Y/c1-7-4-2-6-3-5-7;/h2,6H,3-5H2,1H3;/q-1;. The van der Waals surface area contributed by atoms with E-state index in [9.17, 15) is 0 Å². The zero-order chi connectivity index (χ0) is 5.11. The Morgan fingerprint density at radius 1 is 1.62 bits per heavy atom. The van der Waals surface area contributed by atoms with Crippen molar-refractivity contribution in [2.24, 2.45) is 0 Å². The van der Waals surface area contributed by atoms with E-state index in [2.05, 4.69) is 23.8 Å². The van der Waals surface area contributed by atoms with Crippen LogP contribution in [0.15, 0.2) is 0 Å². The largest absolute Gasteiger partial charge is 0.468 e. The molecule has 3 heteroatoms. The smallest absolute Gasteiger partial charge is 0.00522 e.